The summed E-state index contributed by atoms with van der Waals surface area (Å²) in [6, 6.07) is 12.4. The van der Waals surface area contributed by atoms with Crippen molar-refractivity contribution in [1.29, 1.82) is 0 Å². The number of benzene rings is 2. The summed E-state index contributed by atoms with van der Waals surface area (Å²) in [5.41, 5.74) is -0.814. The lowest BCUT2D eigenvalue weighted by Crippen LogP contribution is -2.52. The number of nitrogens with one attached hydrogen (secondary N) is 2. The number of hydrogen-bond acceptors (Lipinski definition) is 8. The Hall–Kier alpha value is -4.12. The number of nitrogens with zero attached hydrogens (tertiary/aromatic N) is 1. The Kier molecular flexibility index (Phi) is 11.7. The molecule has 0 saturated carbocycles. The van der Waals surface area contributed by atoms with E-state index in [2.05, 4.69) is 10.6 Å². The minimum Gasteiger partial charge on any atom is -0.508 e. The Bertz CT molecular complexity index is 1190. The average Bonchev–Trinajstić information content (AvgIpc) is 2.86. The molecule has 11 nitrogen and oxygen atoms in total. The number of phenols is 1. The highest BCUT2D eigenvalue weighted by Gasteiger charge is 2.36. The number of aliphatic hydroxyl groups excluding tert-OH is 1. The minimum absolute atomic E-state index is 0.0618. The zero-order valence-corrected chi connectivity index (χ0v) is 24.5. The first kappa shape index (κ1) is 33.1. The first-order chi connectivity index (χ1) is 19.1. The fraction of sp³-hybridized carbons (Fsp3) is 0.467. The highest BCUT2D eigenvalue weighted by molar-refractivity contribution is 5.93. The van der Waals surface area contributed by atoms with E-state index < -0.39 is 60.3 Å². The maximum Gasteiger partial charge on any atom is 0.408 e. The predicted octanol–water partition coefficient (Wildman–Crippen LogP) is 2.85. The maximum atomic E-state index is 13.9. The fourth-order valence-corrected chi connectivity index (χ4v) is 3.91. The predicted molar refractivity (Wildman–Crippen MR) is 152 cm³/mol. The summed E-state index contributed by atoms with van der Waals surface area (Å²) >= 11 is 0. The molecule has 4 N–H and O–H groups in total. The van der Waals surface area contributed by atoms with E-state index in [-0.39, 0.29) is 24.3 Å². The lowest BCUT2D eigenvalue weighted by atomic mass is 10.0. The number of esters is 1. The van der Waals surface area contributed by atoms with Crippen LogP contribution in [0.3, 0.4) is 0 Å². The third kappa shape index (κ3) is 11.1. The summed E-state index contributed by atoms with van der Waals surface area (Å²) in [6.45, 7) is 8.74. The number of aliphatic hydroxyl groups is 1. The van der Waals surface area contributed by atoms with E-state index in [1.165, 1.54) is 12.1 Å². The van der Waals surface area contributed by atoms with Gasteiger partial charge >= 0.3 is 12.1 Å². The molecule has 41 heavy (non-hydrogen) atoms. The van der Waals surface area contributed by atoms with Crippen LogP contribution in [0.4, 0.5) is 4.79 Å². The Morgan fingerprint density at radius 3 is 2.02 bits per heavy atom. The molecule has 0 fully saturated rings. The van der Waals surface area contributed by atoms with Crippen LogP contribution in [-0.4, -0.2) is 75.9 Å². The molecule has 0 heterocycles. The molecule has 0 aromatic heterocycles. The standard InChI is InChI=1S/C30H41N3O8/c1-29(2,3)40-27(38)22(18-20-12-8-7-9-13-20)32-26(37)25(21-14-10-11-15-23(21)35)33(16-17-34)24(36)19-31-28(39)41-30(4,5)6/h7-15,22,25,34-35H,16-19H2,1-6H3,(H,31,39)(H,32,37). The number of aromatic hydroxyl groups is 1. The summed E-state index contributed by atoms with van der Waals surface area (Å²) < 4.78 is 10.7. The number of ether oxygens (including phenoxy) is 2. The monoisotopic (exact) mass is 571 g/mol. The number of carbonyl (C=O) groups is 4. The molecule has 2 atom stereocenters. The normalized spacial score (nSPS) is 13.0. The summed E-state index contributed by atoms with van der Waals surface area (Å²) in [5, 5.41) is 25.5. The van der Waals surface area contributed by atoms with E-state index in [1.54, 1.807) is 77.9 Å². The summed E-state index contributed by atoms with van der Waals surface area (Å²) in [4.78, 5) is 53.6. The van der Waals surface area contributed by atoms with Crippen molar-refractivity contribution in [2.24, 2.45) is 0 Å². The number of phenolic OH excluding ortho intramolecular Hbond substituents is 1. The lowest BCUT2D eigenvalue weighted by Gasteiger charge is -2.33. The molecule has 2 aromatic rings. The minimum atomic E-state index is -1.46. The first-order valence-electron chi connectivity index (χ1n) is 13.3. The number of hydrogen-bond donors (Lipinski definition) is 4. The molecule has 11 heteroatoms. The van der Waals surface area contributed by atoms with Crippen molar-refractivity contribution >= 4 is 23.9 Å². The van der Waals surface area contributed by atoms with Gasteiger partial charge in [-0.1, -0.05) is 48.5 Å². The molecule has 3 amide bonds. The van der Waals surface area contributed by atoms with E-state index in [1.807, 2.05) is 6.07 Å². The van der Waals surface area contributed by atoms with Crippen molar-refractivity contribution in [2.75, 3.05) is 19.7 Å². The van der Waals surface area contributed by atoms with Crippen LogP contribution in [0.1, 0.15) is 58.7 Å². The molecular weight excluding hydrogens is 530 g/mol. The van der Waals surface area contributed by atoms with Gasteiger partial charge in [-0.05, 0) is 53.2 Å². The zero-order valence-electron chi connectivity index (χ0n) is 24.5. The SMILES string of the molecule is CC(C)(C)OC(=O)NCC(=O)N(CCO)C(C(=O)NC(Cc1ccccc1)C(=O)OC(C)(C)C)c1ccccc1O. The van der Waals surface area contributed by atoms with Crippen LogP contribution >= 0.6 is 0 Å². The molecule has 0 saturated heterocycles. The van der Waals surface area contributed by atoms with Crippen LogP contribution in [0.15, 0.2) is 54.6 Å². The molecule has 0 aliphatic carbocycles. The van der Waals surface area contributed by atoms with Gasteiger partial charge in [-0.2, -0.15) is 0 Å². The van der Waals surface area contributed by atoms with E-state index in [4.69, 9.17) is 9.47 Å². The van der Waals surface area contributed by atoms with Gasteiger partial charge in [-0.3, -0.25) is 9.59 Å². The van der Waals surface area contributed by atoms with Gasteiger partial charge in [0.1, 0.15) is 35.6 Å². The molecule has 2 rings (SSSR count). The second-order valence-electron chi connectivity index (χ2n) is 11.4. The molecule has 2 aromatic carbocycles. The topological polar surface area (TPSA) is 154 Å². The summed E-state index contributed by atoms with van der Waals surface area (Å²) in [6.07, 6.45) is -0.741. The zero-order chi connectivity index (χ0) is 30.8. The van der Waals surface area contributed by atoms with Gasteiger partial charge in [0.15, 0.2) is 0 Å². The van der Waals surface area contributed by atoms with Crippen molar-refractivity contribution in [1.82, 2.24) is 15.5 Å². The third-order valence-electron chi connectivity index (χ3n) is 5.53. The number of amides is 3. The van der Waals surface area contributed by atoms with E-state index >= 15 is 0 Å². The fourth-order valence-electron chi connectivity index (χ4n) is 3.91. The Labute approximate surface area is 240 Å². The van der Waals surface area contributed by atoms with Gasteiger partial charge in [-0.25, -0.2) is 9.59 Å². The van der Waals surface area contributed by atoms with E-state index in [0.29, 0.717) is 0 Å². The molecule has 224 valence electrons. The molecule has 2 unspecified atom stereocenters. The quantitative estimate of drug-likeness (QED) is 0.300. The number of rotatable bonds is 11. The van der Waals surface area contributed by atoms with Crippen LogP contribution in [0.25, 0.3) is 0 Å². The van der Waals surface area contributed by atoms with Crippen molar-refractivity contribution in [3.8, 4) is 5.75 Å². The van der Waals surface area contributed by atoms with Crippen LogP contribution < -0.4 is 10.6 Å². The molecule has 0 bridgehead atoms. The molecule has 0 radical (unpaired) electrons. The summed E-state index contributed by atoms with van der Waals surface area (Å²) in [7, 11) is 0. The van der Waals surface area contributed by atoms with Crippen molar-refractivity contribution in [2.45, 2.75) is 71.2 Å². The number of alkyl carbamates (subject to hydrolysis) is 1. The Morgan fingerprint density at radius 1 is 0.878 bits per heavy atom. The van der Waals surface area contributed by atoms with E-state index in [9.17, 15) is 29.4 Å². The molecular formula is C30H41N3O8. The van der Waals surface area contributed by atoms with Crippen molar-refractivity contribution in [3.05, 3.63) is 65.7 Å². The van der Waals surface area contributed by atoms with Crippen molar-refractivity contribution in [3.63, 3.8) is 0 Å². The van der Waals surface area contributed by atoms with Gasteiger partial charge < -0.3 is 35.2 Å². The average molecular weight is 572 g/mol. The smallest absolute Gasteiger partial charge is 0.408 e. The second-order valence-corrected chi connectivity index (χ2v) is 11.4. The molecule has 0 aliphatic rings. The molecule has 0 aliphatic heterocycles. The second kappa shape index (κ2) is 14.5. The number of carbonyl (C=O) groups excluding carboxylic acids is 4. The highest BCUT2D eigenvalue weighted by Crippen LogP contribution is 2.29. The van der Waals surface area contributed by atoms with Gasteiger partial charge in [0.25, 0.3) is 0 Å². The van der Waals surface area contributed by atoms with Crippen LogP contribution in [0.2, 0.25) is 0 Å². The molecule has 0 spiro atoms. The lowest BCUT2D eigenvalue weighted by molar-refractivity contribution is -0.159. The van der Waals surface area contributed by atoms with Crippen LogP contribution in [0, 0.1) is 0 Å². The van der Waals surface area contributed by atoms with Gasteiger partial charge in [0, 0.05) is 18.5 Å². The maximum absolute atomic E-state index is 13.9. The third-order valence-corrected chi connectivity index (χ3v) is 5.53. The largest absolute Gasteiger partial charge is 0.508 e. The van der Waals surface area contributed by atoms with Gasteiger partial charge in [0.2, 0.25) is 11.8 Å². The Balaban J connectivity index is 2.43. The summed E-state index contributed by atoms with van der Waals surface area (Å²) in [5.74, 6) is -2.49. The van der Waals surface area contributed by atoms with E-state index in [0.717, 1.165) is 10.5 Å². The first-order valence-corrected chi connectivity index (χ1v) is 13.3. The van der Waals surface area contributed by atoms with Crippen LogP contribution in [-0.2, 0) is 30.3 Å². The van der Waals surface area contributed by atoms with Crippen molar-refractivity contribution < 1.29 is 38.9 Å². The Morgan fingerprint density at radius 2 is 1.46 bits per heavy atom. The van der Waals surface area contributed by atoms with Crippen LogP contribution in [0.5, 0.6) is 5.75 Å². The highest BCUT2D eigenvalue weighted by atomic mass is 16.6. The van der Waals surface area contributed by atoms with Gasteiger partial charge in [-0.15, -0.1) is 0 Å². The number of para-hydroxylation sites is 1. The van der Waals surface area contributed by atoms with Gasteiger partial charge in [0.05, 0.1) is 6.61 Å².